The number of rotatable bonds is 6. The topological polar surface area (TPSA) is 98.4 Å². The quantitative estimate of drug-likeness (QED) is 0.374. The highest BCUT2D eigenvalue weighted by Crippen LogP contribution is 2.40. The lowest BCUT2D eigenvalue weighted by atomic mass is 9.96. The summed E-state index contributed by atoms with van der Waals surface area (Å²) >= 11 is 0. The van der Waals surface area contributed by atoms with E-state index < -0.39 is 0 Å². The van der Waals surface area contributed by atoms with E-state index in [2.05, 4.69) is 0 Å². The number of phenols is 1. The first-order chi connectivity index (χ1) is 18.6. The molecule has 1 amide bonds. The van der Waals surface area contributed by atoms with E-state index in [0.29, 0.717) is 60.9 Å². The Balaban J connectivity index is 1.29. The van der Waals surface area contributed by atoms with Gasteiger partial charge in [-0.3, -0.25) is 9.59 Å². The summed E-state index contributed by atoms with van der Waals surface area (Å²) in [5.74, 6) is 1.11. The molecule has 2 aliphatic heterocycles. The van der Waals surface area contributed by atoms with E-state index in [0.717, 1.165) is 16.5 Å². The van der Waals surface area contributed by atoms with Crippen LogP contribution in [0, 0.1) is 0 Å². The van der Waals surface area contributed by atoms with Crippen LogP contribution in [0.25, 0.3) is 22.1 Å². The number of hydrogen-bond donors (Lipinski definition) is 1. The highest BCUT2D eigenvalue weighted by atomic mass is 16.5. The Morgan fingerprint density at radius 1 is 0.974 bits per heavy atom. The first-order valence-corrected chi connectivity index (χ1v) is 12.4. The van der Waals surface area contributed by atoms with Gasteiger partial charge in [-0.1, -0.05) is 12.1 Å². The van der Waals surface area contributed by atoms with E-state index in [-0.39, 0.29) is 29.8 Å². The zero-order valence-corrected chi connectivity index (χ0v) is 20.5. The Labute approximate surface area is 218 Å². The van der Waals surface area contributed by atoms with E-state index in [9.17, 15) is 14.7 Å². The molecule has 8 heteroatoms. The SMILES string of the molecule is O=C(c1ccc(OCC(=O)N2CCOCC2)cc1)c1oc2cc3c(cc2c1-c1ccc(O)cc1)CC=CO3. The summed E-state index contributed by atoms with van der Waals surface area (Å²) in [6.07, 6.45) is 4.28. The van der Waals surface area contributed by atoms with Crippen molar-refractivity contribution in [2.24, 2.45) is 0 Å². The van der Waals surface area contributed by atoms with Crippen molar-refractivity contribution in [2.75, 3.05) is 32.9 Å². The Kier molecular flexibility index (Phi) is 6.31. The average Bonchev–Trinajstić information content (AvgIpc) is 3.33. The highest BCUT2D eigenvalue weighted by molar-refractivity contribution is 6.16. The Bertz CT molecular complexity index is 1530. The summed E-state index contributed by atoms with van der Waals surface area (Å²) in [6, 6.07) is 17.1. The number of ether oxygens (including phenoxy) is 3. The first kappa shape index (κ1) is 23.8. The van der Waals surface area contributed by atoms with Gasteiger partial charge in [-0.25, -0.2) is 0 Å². The average molecular weight is 512 g/mol. The van der Waals surface area contributed by atoms with Gasteiger partial charge in [0.2, 0.25) is 5.78 Å². The second-order valence-electron chi connectivity index (χ2n) is 9.14. The molecule has 0 atom stereocenters. The fourth-order valence-corrected chi connectivity index (χ4v) is 4.69. The lowest BCUT2D eigenvalue weighted by Crippen LogP contribution is -2.42. The number of nitrogens with zero attached hydrogens (tertiary/aromatic N) is 1. The van der Waals surface area contributed by atoms with Crippen molar-refractivity contribution in [3.05, 3.63) is 89.9 Å². The number of aromatic hydroxyl groups is 1. The van der Waals surface area contributed by atoms with Crippen LogP contribution in [0.2, 0.25) is 0 Å². The molecule has 0 spiro atoms. The lowest BCUT2D eigenvalue weighted by molar-refractivity contribution is -0.137. The molecule has 0 radical (unpaired) electrons. The predicted octanol–water partition coefficient (Wildman–Crippen LogP) is 4.72. The Morgan fingerprint density at radius 2 is 1.74 bits per heavy atom. The minimum atomic E-state index is -0.294. The third-order valence-corrected chi connectivity index (χ3v) is 6.70. The predicted molar refractivity (Wildman–Crippen MR) is 140 cm³/mol. The van der Waals surface area contributed by atoms with Crippen molar-refractivity contribution in [2.45, 2.75) is 6.42 Å². The Hall–Kier alpha value is -4.56. The number of carbonyl (C=O) groups excluding carboxylic acids is 2. The van der Waals surface area contributed by atoms with E-state index in [1.807, 2.05) is 12.1 Å². The van der Waals surface area contributed by atoms with Gasteiger partial charge in [-0.15, -0.1) is 0 Å². The molecule has 1 fully saturated rings. The van der Waals surface area contributed by atoms with Crippen molar-refractivity contribution in [3.63, 3.8) is 0 Å². The maximum atomic E-state index is 13.7. The summed E-state index contributed by atoms with van der Waals surface area (Å²) in [7, 11) is 0. The number of amides is 1. The van der Waals surface area contributed by atoms with Crippen LogP contribution < -0.4 is 9.47 Å². The largest absolute Gasteiger partial charge is 0.508 e. The van der Waals surface area contributed by atoms with Gasteiger partial charge < -0.3 is 28.6 Å². The zero-order chi connectivity index (χ0) is 26.1. The fraction of sp³-hybridized carbons (Fsp3) is 0.200. The number of hydrogen-bond acceptors (Lipinski definition) is 7. The molecule has 0 saturated carbocycles. The number of allylic oxidation sites excluding steroid dienone is 1. The molecule has 0 unspecified atom stereocenters. The van der Waals surface area contributed by atoms with Gasteiger partial charge in [0.1, 0.15) is 22.8 Å². The van der Waals surface area contributed by atoms with Gasteiger partial charge in [0, 0.05) is 35.7 Å². The van der Waals surface area contributed by atoms with Gasteiger partial charge in [0.25, 0.3) is 5.91 Å². The third kappa shape index (κ3) is 4.62. The molecule has 8 nitrogen and oxygen atoms in total. The van der Waals surface area contributed by atoms with Crippen molar-refractivity contribution in [3.8, 4) is 28.4 Å². The molecule has 3 aromatic carbocycles. The number of fused-ring (bicyclic) bond motifs is 2. The van der Waals surface area contributed by atoms with Crippen LogP contribution in [-0.4, -0.2) is 54.6 Å². The monoisotopic (exact) mass is 511 g/mol. The van der Waals surface area contributed by atoms with Gasteiger partial charge in [0.05, 0.1) is 19.5 Å². The van der Waals surface area contributed by atoms with Crippen molar-refractivity contribution >= 4 is 22.7 Å². The number of carbonyl (C=O) groups is 2. The molecule has 0 aliphatic carbocycles. The van der Waals surface area contributed by atoms with Gasteiger partial charge >= 0.3 is 0 Å². The van der Waals surface area contributed by atoms with Crippen LogP contribution in [0.3, 0.4) is 0 Å². The van der Waals surface area contributed by atoms with Crippen LogP contribution in [0.1, 0.15) is 21.7 Å². The zero-order valence-electron chi connectivity index (χ0n) is 20.5. The standard InChI is InChI=1S/C30H25NO7/c32-22-7-3-19(4-8-22)28-24-16-21-2-1-13-36-25(21)17-26(24)38-30(28)29(34)20-5-9-23(10-6-20)37-18-27(33)31-11-14-35-15-12-31/h1,3-10,13,16-17,32H,2,11-12,14-15,18H2. The van der Waals surface area contributed by atoms with Gasteiger partial charge in [-0.05, 0) is 66.1 Å². The van der Waals surface area contributed by atoms with Crippen LogP contribution >= 0.6 is 0 Å². The maximum absolute atomic E-state index is 13.7. The summed E-state index contributed by atoms with van der Waals surface area (Å²) in [6.45, 7) is 2.10. The summed E-state index contributed by atoms with van der Waals surface area (Å²) in [5, 5.41) is 10.6. The number of furan rings is 1. The van der Waals surface area contributed by atoms with E-state index in [1.54, 1.807) is 65.8 Å². The number of ketones is 1. The molecule has 1 N–H and O–H groups in total. The minimum absolute atomic E-state index is 0.0799. The summed E-state index contributed by atoms with van der Waals surface area (Å²) in [4.78, 5) is 27.8. The van der Waals surface area contributed by atoms with E-state index in [1.165, 1.54) is 0 Å². The number of morpholine rings is 1. The van der Waals surface area contributed by atoms with Gasteiger partial charge in [0.15, 0.2) is 12.4 Å². The van der Waals surface area contributed by atoms with E-state index >= 15 is 0 Å². The molecule has 4 aromatic rings. The maximum Gasteiger partial charge on any atom is 0.260 e. The molecule has 0 bridgehead atoms. The molecular formula is C30H25NO7. The molecule has 1 aromatic heterocycles. The second-order valence-corrected chi connectivity index (χ2v) is 9.14. The molecule has 38 heavy (non-hydrogen) atoms. The smallest absolute Gasteiger partial charge is 0.260 e. The van der Waals surface area contributed by atoms with Crippen LogP contribution in [0.15, 0.2) is 77.4 Å². The van der Waals surface area contributed by atoms with Crippen LogP contribution in [-0.2, 0) is 16.0 Å². The third-order valence-electron chi connectivity index (χ3n) is 6.70. The molecule has 192 valence electrons. The van der Waals surface area contributed by atoms with Crippen molar-refractivity contribution in [1.82, 2.24) is 4.90 Å². The Morgan fingerprint density at radius 3 is 2.50 bits per heavy atom. The number of phenolic OH excluding ortho intramolecular Hbond substituents is 1. The van der Waals surface area contributed by atoms with Crippen LogP contribution in [0.4, 0.5) is 0 Å². The second kappa shape index (κ2) is 10.1. The van der Waals surface area contributed by atoms with Crippen LogP contribution in [0.5, 0.6) is 17.2 Å². The highest BCUT2D eigenvalue weighted by Gasteiger charge is 2.25. The van der Waals surface area contributed by atoms with Gasteiger partial charge in [-0.2, -0.15) is 0 Å². The molecule has 3 heterocycles. The molecular weight excluding hydrogens is 486 g/mol. The number of benzene rings is 3. The molecule has 1 saturated heterocycles. The molecule has 6 rings (SSSR count). The van der Waals surface area contributed by atoms with E-state index in [4.69, 9.17) is 18.6 Å². The lowest BCUT2D eigenvalue weighted by Gasteiger charge is -2.26. The first-order valence-electron chi connectivity index (χ1n) is 12.4. The summed E-state index contributed by atoms with van der Waals surface area (Å²) in [5.41, 5.74) is 3.34. The molecule has 2 aliphatic rings. The fourth-order valence-electron chi connectivity index (χ4n) is 4.69. The summed E-state index contributed by atoms with van der Waals surface area (Å²) < 4.78 is 22.7. The normalized spacial score (nSPS) is 14.7. The van der Waals surface area contributed by atoms with Crippen molar-refractivity contribution in [1.29, 1.82) is 0 Å². The minimum Gasteiger partial charge on any atom is -0.508 e. The van der Waals surface area contributed by atoms with Crippen molar-refractivity contribution < 1.29 is 33.3 Å².